The van der Waals surface area contributed by atoms with E-state index < -0.39 is 0 Å². The van der Waals surface area contributed by atoms with Crippen LogP contribution in [0.15, 0.2) is 0 Å². The second kappa shape index (κ2) is 7.28. The van der Waals surface area contributed by atoms with Gasteiger partial charge in [0.2, 0.25) is 11.8 Å². The third-order valence-electron chi connectivity index (χ3n) is 7.50. The van der Waals surface area contributed by atoms with Crippen molar-refractivity contribution in [3.63, 3.8) is 0 Å². The lowest BCUT2D eigenvalue weighted by Gasteiger charge is -2.44. The van der Waals surface area contributed by atoms with Crippen molar-refractivity contribution in [3.05, 3.63) is 0 Å². The minimum atomic E-state index is 0.119. The van der Waals surface area contributed by atoms with Gasteiger partial charge in [0.15, 0.2) is 0 Å². The molecular formula is C21H34N2O2. The molecule has 4 nitrogen and oxygen atoms in total. The molecule has 0 radical (unpaired) electrons. The number of nitrogens with zero attached hydrogens (tertiary/aromatic N) is 1. The average Bonchev–Trinajstić information content (AvgIpc) is 3.21. The molecule has 4 rings (SSSR count). The molecule has 2 unspecified atom stereocenters. The van der Waals surface area contributed by atoms with Gasteiger partial charge in [-0.05, 0) is 76.0 Å². The average molecular weight is 347 g/mol. The topological polar surface area (TPSA) is 49.4 Å². The van der Waals surface area contributed by atoms with E-state index in [1.165, 1.54) is 64.2 Å². The van der Waals surface area contributed by atoms with Crippen molar-refractivity contribution in [3.8, 4) is 0 Å². The van der Waals surface area contributed by atoms with Crippen molar-refractivity contribution in [2.75, 3.05) is 6.54 Å². The molecule has 25 heavy (non-hydrogen) atoms. The van der Waals surface area contributed by atoms with Gasteiger partial charge >= 0.3 is 0 Å². The Labute approximate surface area is 152 Å². The third kappa shape index (κ3) is 3.73. The molecule has 1 heterocycles. The monoisotopic (exact) mass is 346 g/mol. The van der Waals surface area contributed by atoms with Crippen molar-refractivity contribution in [2.24, 2.45) is 11.8 Å². The maximum Gasteiger partial charge on any atom is 0.222 e. The van der Waals surface area contributed by atoms with Crippen LogP contribution in [0.3, 0.4) is 0 Å². The van der Waals surface area contributed by atoms with Crippen LogP contribution in [0.25, 0.3) is 0 Å². The van der Waals surface area contributed by atoms with Crippen LogP contribution in [0.5, 0.6) is 0 Å². The van der Waals surface area contributed by atoms with E-state index in [1.807, 2.05) is 0 Å². The van der Waals surface area contributed by atoms with Crippen LogP contribution in [-0.2, 0) is 9.59 Å². The van der Waals surface area contributed by atoms with E-state index in [1.54, 1.807) is 0 Å². The van der Waals surface area contributed by atoms with Crippen molar-refractivity contribution >= 4 is 11.8 Å². The summed E-state index contributed by atoms with van der Waals surface area (Å²) in [6.07, 6.45) is 15.4. The number of piperidine rings is 1. The lowest BCUT2D eigenvalue weighted by Crippen LogP contribution is -2.49. The summed E-state index contributed by atoms with van der Waals surface area (Å²) in [5.41, 5.74) is 0.119. The molecule has 2 amide bonds. The Morgan fingerprint density at radius 1 is 0.960 bits per heavy atom. The molecular weight excluding hydrogens is 312 g/mol. The minimum Gasteiger partial charge on any atom is -0.351 e. The normalized spacial score (nSPS) is 37.0. The summed E-state index contributed by atoms with van der Waals surface area (Å²) in [7, 11) is 0. The molecule has 4 heteroatoms. The van der Waals surface area contributed by atoms with E-state index in [2.05, 4.69) is 10.2 Å². The summed E-state index contributed by atoms with van der Waals surface area (Å²) >= 11 is 0. The zero-order valence-electron chi connectivity index (χ0n) is 15.6. The number of carbonyl (C=O) groups excluding carboxylic acids is 2. The second-order valence-corrected chi connectivity index (χ2v) is 9.17. The van der Waals surface area contributed by atoms with E-state index in [0.717, 1.165) is 24.8 Å². The van der Waals surface area contributed by atoms with Gasteiger partial charge in [0.05, 0.1) is 0 Å². The highest BCUT2D eigenvalue weighted by Crippen LogP contribution is 2.47. The number of rotatable bonds is 5. The zero-order valence-corrected chi connectivity index (χ0v) is 15.6. The van der Waals surface area contributed by atoms with Gasteiger partial charge in [0, 0.05) is 31.0 Å². The van der Waals surface area contributed by atoms with E-state index in [-0.39, 0.29) is 11.4 Å². The zero-order chi connectivity index (χ0) is 17.3. The van der Waals surface area contributed by atoms with E-state index in [0.29, 0.717) is 31.2 Å². The smallest absolute Gasteiger partial charge is 0.222 e. The van der Waals surface area contributed by atoms with Gasteiger partial charge in [-0.15, -0.1) is 0 Å². The Morgan fingerprint density at radius 2 is 1.72 bits per heavy atom. The molecule has 0 aromatic carbocycles. The molecule has 4 aliphatic rings. The Bertz CT molecular complexity index is 508. The molecule has 0 aromatic heterocycles. The van der Waals surface area contributed by atoms with Crippen molar-refractivity contribution in [1.82, 2.24) is 10.2 Å². The Kier molecular flexibility index (Phi) is 5.06. The first-order valence-electron chi connectivity index (χ1n) is 10.8. The first kappa shape index (κ1) is 17.4. The number of carbonyl (C=O) groups is 2. The highest BCUT2D eigenvalue weighted by Gasteiger charge is 2.45. The molecule has 3 saturated carbocycles. The molecule has 4 fully saturated rings. The fourth-order valence-corrected chi connectivity index (χ4v) is 6.20. The third-order valence-corrected chi connectivity index (χ3v) is 7.50. The number of amides is 2. The number of nitrogens with one attached hydrogen (secondary N) is 1. The Morgan fingerprint density at radius 3 is 2.48 bits per heavy atom. The van der Waals surface area contributed by atoms with Crippen LogP contribution < -0.4 is 5.32 Å². The van der Waals surface area contributed by atoms with Crippen LogP contribution in [-0.4, -0.2) is 34.8 Å². The molecule has 0 spiro atoms. The van der Waals surface area contributed by atoms with Crippen LogP contribution in [0.4, 0.5) is 0 Å². The van der Waals surface area contributed by atoms with Gasteiger partial charge in [0.1, 0.15) is 0 Å². The van der Waals surface area contributed by atoms with E-state index in [9.17, 15) is 9.59 Å². The molecule has 2 atom stereocenters. The minimum absolute atomic E-state index is 0.119. The van der Waals surface area contributed by atoms with Crippen LogP contribution in [0.2, 0.25) is 0 Å². The van der Waals surface area contributed by atoms with E-state index >= 15 is 0 Å². The predicted molar refractivity (Wildman–Crippen MR) is 98.0 cm³/mol. The lowest BCUT2D eigenvalue weighted by molar-refractivity contribution is -0.137. The van der Waals surface area contributed by atoms with Crippen LogP contribution >= 0.6 is 0 Å². The standard InChI is InChI=1S/C21H34N2O2/c24-19(22-21-12-10-16(15-21)11-13-21)8-3-9-20(25)23-14-4-6-17-5-1-2-7-18(17)23/h16-18H,1-15H2,(H,22,24). The first-order valence-corrected chi connectivity index (χ1v) is 10.8. The predicted octanol–water partition coefficient (Wildman–Crippen LogP) is 3.79. The first-order chi connectivity index (χ1) is 12.2. The van der Waals surface area contributed by atoms with Crippen LogP contribution in [0.1, 0.15) is 89.9 Å². The van der Waals surface area contributed by atoms with Gasteiger partial charge in [-0.2, -0.15) is 0 Å². The Hall–Kier alpha value is -1.06. The summed E-state index contributed by atoms with van der Waals surface area (Å²) in [5, 5.41) is 3.32. The highest BCUT2D eigenvalue weighted by atomic mass is 16.2. The molecule has 3 aliphatic carbocycles. The van der Waals surface area contributed by atoms with Gasteiger partial charge in [-0.25, -0.2) is 0 Å². The largest absolute Gasteiger partial charge is 0.351 e. The molecule has 140 valence electrons. The van der Waals surface area contributed by atoms with Crippen LogP contribution in [0, 0.1) is 11.8 Å². The number of hydrogen-bond donors (Lipinski definition) is 1. The SMILES string of the molecule is O=C(CCCC(=O)N1CCCC2CCCCC21)NC12CCC(CC1)C2. The summed E-state index contributed by atoms with van der Waals surface area (Å²) in [6, 6.07) is 0.497. The molecule has 2 bridgehead atoms. The number of hydrogen-bond acceptors (Lipinski definition) is 2. The quantitative estimate of drug-likeness (QED) is 0.823. The van der Waals surface area contributed by atoms with E-state index in [4.69, 9.17) is 0 Å². The molecule has 0 aromatic rings. The van der Waals surface area contributed by atoms with Gasteiger partial charge in [-0.1, -0.05) is 12.8 Å². The second-order valence-electron chi connectivity index (χ2n) is 9.17. The number of fused-ring (bicyclic) bond motifs is 3. The molecule has 1 saturated heterocycles. The summed E-state index contributed by atoms with van der Waals surface area (Å²) in [6.45, 7) is 0.941. The molecule has 1 N–H and O–H groups in total. The van der Waals surface area contributed by atoms with Crippen molar-refractivity contribution in [2.45, 2.75) is 101 Å². The van der Waals surface area contributed by atoms with Gasteiger partial charge in [-0.3, -0.25) is 9.59 Å². The summed E-state index contributed by atoms with van der Waals surface area (Å²) in [5.74, 6) is 2.06. The summed E-state index contributed by atoms with van der Waals surface area (Å²) < 4.78 is 0. The fourth-order valence-electron chi connectivity index (χ4n) is 6.20. The van der Waals surface area contributed by atoms with Crippen molar-refractivity contribution in [1.29, 1.82) is 0 Å². The maximum atomic E-state index is 12.7. The number of likely N-dealkylation sites (tertiary alicyclic amines) is 1. The van der Waals surface area contributed by atoms with Crippen molar-refractivity contribution < 1.29 is 9.59 Å². The lowest BCUT2D eigenvalue weighted by atomic mass is 9.78. The highest BCUT2D eigenvalue weighted by molar-refractivity contribution is 5.79. The van der Waals surface area contributed by atoms with Gasteiger partial charge in [0.25, 0.3) is 0 Å². The summed E-state index contributed by atoms with van der Waals surface area (Å²) in [4.78, 5) is 27.2. The molecule has 1 aliphatic heterocycles. The fraction of sp³-hybridized carbons (Fsp3) is 0.905. The Balaban J connectivity index is 1.21. The maximum absolute atomic E-state index is 12.7. The van der Waals surface area contributed by atoms with Gasteiger partial charge < -0.3 is 10.2 Å².